The van der Waals surface area contributed by atoms with Gasteiger partial charge in [-0.3, -0.25) is 0 Å². The molecule has 0 spiro atoms. The van der Waals surface area contributed by atoms with E-state index in [1.807, 2.05) is 11.8 Å². The molecule has 1 atom stereocenters. The van der Waals surface area contributed by atoms with Crippen molar-refractivity contribution in [1.82, 2.24) is 10.3 Å². The lowest BCUT2D eigenvalue weighted by Gasteiger charge is -2.34. The van der Waals surface area contributed by atoms with Gasteiger partial charge in [-0.25, -0.2) is 4.98 Å². The lowest BCUT2D eigenvalue weighted by Crippen LogP contribution is -2.41. The first-order chi connectivity index (χ1) is 9.08. The number of pyridine rings is 1. The third-order valence-electron chi connectivity index (χ3n) is 3.54. The predicted octanol–water partition coefficient (Wildman–Crippen LogP) is 2.83. The fourth-order valence-corrected chi connectivity index (χ4v) is 3.32. The summed E-state index contributed by atoms with van der Waals surface area (Å²) in [6.45, 7) is 10.8. The lowest BCUT2D eigenvalue weighted by molar-refractivity contribution is 0.585. The molecule has 0 radical (unpaired) electrons. The lowest BCUT2D eigenvalue weighted by atomic mass is 10.2. The molecule has 19 heavy (non-hydrogen) atoms. The van der Waals surface area contributed by atoms with Crippen LogP contribution < -0.4 is 10.2 Å². The Morgan fingerprint density at radius 3 is 2.89 bits per heavy atom. The Morgan fingerprint density at radius 1 is 1.47 bits per heavy atom. The molecule has 0 bridgehead atoms. The summed E-state index contributed by atoms with van der Waals surface area (Å²) in [5.74, 6) is 3.55. The Kier molecular flexibility index (Phi) is 5.11. The molecule has 3 nitrogen and oxygen atoms in total. The van der Waals surface area contributed by atoms with Crippen molar-refractivity contribution in [1.29, 1.82) is 0 Å². The van der Waals surface area contributed by atoms with E-state index < -0.39 is 0 Å². The van der Waals surface area contributed by atoms with Crippen molar-refractivity contribution in [3.63, 3.8) is 0 Å². The van der Waals surface area contributed by atoms with Crippen LogP contribution >= 0.6 is 11.8 Å². The van der Waals surface area contributed by atoms with Crippen molar-refractivity contribution >= 4 is 17.6 Å². The van der Waals surface area contributed by atoms with Gasteiger partial charge in [0.1, 0.15) is 5.82 Å². The van der Waals surface area contributed by atoms with E-state index in [1.165, 1.54) is 17.1 Å². The number of anilines is 1. The minimum atomic E-state index is 0.512. The normalized spacial score (nSPS) is 20.1. The van der Waals surface area contributed by atoms with Gasteiger partial charge in [-0.15, -0.1) is 0 Å². The summed E-state index contributed by atoms with van der Waals surface area (Å²) in [5.41, 5.74) is 2.45. The van der Waals surface area contributed by atoms with Crippen LogP contribution in [0, 0.1) is 6.92 Å². The molecule has 4 heteroatoms. The molecule has 0 aliphatic carbocycles. The van der Waals surface area contributed by atoms with Gasteiger partial charge in [0.2, 0.25) is 0 Å². The molecule has 1 aliphatic heterocycles. The van der Waals surface area contributed by atoms with Crippen LogP contribution in [0.4, 0.5) is 5.82 Å². The van der Waals surface area contributed by atoms with E-state index in [-0.39, 0.29) is 0 Å². The third kappa shape index (κ3) is 3.86. The maximum Gasteiger partial charge on any atom is 0.129 e. The van der Waals surface area contributed by atoms with Gasteiger partial charge in [-0.05, 0) is 25.5 Å². The maximum atomic E-state index is 4.80. The van der Waals surface area contributed by atoms with Crippen LogP contribution in [0.3, 0.4) is 0 Å². The van der Waals surface area contributed by atoms with Crippen LogP contribution in [0.2, 0.25) is 0 Å². The van der Waals surface area contributed by atoms with Crippen LogP contribution in [0.25, 0.3) is 0 Å². The summed E-state index contributed by atoms with van der Waals surface area (Å²) in [5, 5.41) is 3.45. The molecule has 1 fully saturated rings. The second-order valence-corrected chi connectivity index (χ2v) is 6.72. The van der Waals surface area contributed by atoms with Crippen LogP contribution in [0.5, 0.6) is 0 Å². The van der Waals surface area contributed by atoms with Crippen molar-refractivity contribution in [2.45, 2.75) is 46.3 Å². The molecule has 1 unspecified atom stereocenters. The second kappa shape index (κ2) is 6.62. The first-order valence-electron chi connectivity index (χ1n) is 7.12. The molecule has 0 saturated carbocycles. The first kappa shape index (κ1) is 14.7. The quantitative estimate of drug-likeness (QED) is 0.917. The largest absolute Gasteiger partial charge is 0.352 e. The maximum absolute atomic E-state index is 4.80. The zero-order chi connectivity index (χ0) is 13.8. The van der Waals surface area contributed by atoms with Crippen molar-refractivity contribution in [3.8, 4) is 0 Å². The predicted molar refractivity (Wildman–Crippen MR) is 85.1 cm³/mol. The number of aryl methyl sites for hydroxylation is 1. The Labute approximate surface area is 121 Å². The Hall–Kier alpha value is -0.740. The van der Waals surface area contributed by atoms with Gasteiger partial charge in [-0.1, -0.05) is 19.9 Å². The van der Waals surface area contributed by atoms with E-state index >= 15 is 0 Å². The molecule has 106 valence electrons. The van der Waals surface area contributed by atoms with Crippen LogP contribution in [-0.4, -0.2) is 35.1 Å². The fraction of sp³-hybridized carbons (Fsp3) is 0.667. The number of hydrogen-bond donors (Lipinski definition) is 1. The van der Waals surface area contributed by atoms with Crippen LogP contribution in [-0.2, 0) is 6.54 Å². The zero-order valence-corrected chi connectivity index (χ0v) is 13.3. The highest BCUT2D eigenvalue weighted by atomic mass is 32.2. The van der Waals surface area contributed by atoms with Crippen LogP contribution in [0.1, 0.15) is 32.0 Å². The Bertz CT molecular complexity index is 420. The Morgan fingerprint density at radius 2 is 2.26 bits per heavy atom. The molecule has 1 saturated heterocycles. The SMILES string of the molecule is Cc1nc(N2CCSCC2C)ccc1CNC(C)C. The molecule has 1 aromatic heterocycles. The molecule has 1 aromatic rings. The van der Waals surface area contributed by atoms with Gasteiger partial charge < -0.3 is 10.2 Å². The van der Waals surface area contributed by atoms with Crippen LogP contribution in [0.15, 0.2) is 12.1 Å². The van der Waals surface area contributed by atoms with E-state index in [9.17, 15) is 0 Å². The van der Waals surface area contributed by atoms with Crippen molar-refractivity contribution in [2.24, 2.45) is 0 Å². The highest BCUT2D eigenvalue weighted by molar-refractivity contribution is 7.99. The van der Waals surface area contributed by atoms with E-state index in [1.54, 1.807) is 0 Å². The molecule has 1 N–H and O–H groups in total. The number of rotatable bonds is 4. The zero-order valence-electron chi connectivity index (χ0n) is 12.4. The number of nitrogens with zero attached hydrogens (tertiary/aromatic N) is 2. The average molecular weight is 279 g/mol. The number of aromatic nitrogens is 1. The number of hydrogen-bond acceptors (Lipinski definition) is 4. The highest BCUT2D eigenvalue weighted by Gasteiger charge is 2.20. The summed E-state index contributed by atoms with van der Waals surface area (Å²) in [6, 6.07) is 5.50. The number of nitrogens with one attached hydrogen (secondary N) is 1. The summed E-state index contributed by atoms with van der Waals surface area (Å²) >= 11 is 2.04. The molecule has 1 aliphatic rings. The summed E-state index contributed by atoms with van der Waals surface area (Å²) in [4.78, 5) is 7.24. The van der Waals surface area contributed by atoms with Gasteiger partial charge in [0.25, 0.3) is 0 Å². The molecule has 2 rings (SSSR count). The monoisotopic (exact) mass is 279 g/mol. The molecule has 0 aromatic carbocycles. The van der Waals surface area contributed by atoms with E-state index in [4.69, 9.17) is 4.98 Å². The summed E-state index contributed by atoms with van der Waals surface area (Å²) < 4.78 is 0. The summed E-state index contributed by atoms with van der Waals surface area (Å²) in [6.07, 6.45) is 0. The third-order valence-corrected chi connectivity index (χ3v) is 4.73. The van der Waals surface area contributed by atoms with Gasteiger partial charge >= 0.3 is 0 Å². The molecule has 0 amide bonds. The van der Waals surface area contributed by atoms with E-state index in [0.29, 0.717) is 12.1 Å². The minimum Gasteiger partial charge on any atom is -0.352 e. The first-order valence-corrected chi connectivity index (χ1v) is 8.27. The van der Waals surface area contributed by atoms with Gasteiger partial charge in [0, 0.05) is 42.4 Å². The van der Waals surface area contributed by atoms with Gasteiger partial charge in [0.15, 0.2) is 0 Å². The molecule has 2 heterocycles. The smallest absolute Gasteiger partial charge is 0.129 e. The fourth-order valence-electron chi connectivity index (χ4n) is 2.31. The topological polar surface area (TPSA) is 28.2 Å². The second-order valence-electron chi connectivity index (χ2n) is 5.57. The van der Waals surface area contributed by atoms with Gasteiger partial charge in [-0.2, -0.15) is 11.8 Å². The van der Waals surface area contributed by atoms with Crippen molar-refractivity contribution in [3.05, 3.63) is 23.4 Å². The van der Waals surface area contributed by atoms with E-state index in [0.717, 1.165) is 24.6 Å². The molecular formula is C15H25N3S. The average Bonchev–Trinajstić information content (AvgIpc) is 2.37. The summed E-state index contributed by atoms with van der Waals surface area (Å²) in [7, 11) is 0. The van der Waals surface area contributed by atoms with Crippen molar-refractivity contribution in [2.75, 3.05) is 23.0 Å². The Balaban J connectivity index is 2.09. The standard InChI is InChI=1S/C15H25N3S/c1-11(2)16-9-14-5-6-15(17-13(14)4)18-7-8-19-10-12(18)3/h5-6,11-12,16H,7-10H2,1-4H3. The minimum absolute atomic E-state index is 0.512. The van der Waals surface area contributed by atoms with E-state index in [2.05, 4.69) is 50.0 Å². The molecular weight excluding hydrogens is 254 g/mol. The highest BCUT2D eigenvalue weighted by Crippen LogP contribution is 2.23. The van der Waals surface area contributed by atoms with Gasteiger partial charge in [0.05, 0.1) is 0 Å². The van der Waals surface area contributed by atoms with Crippen molar-refractivity contribution < 1.29 is 0 Å². The number of thioether (sulfide) groups is 1.